The van der Waals surface area contributed by atoms with Crippen LogP contribution in [-0.4, -0.2) is 23.0 Å². The zero-order valence-corrected chi connectivity index (χ0v) is 11.2. The first-order valence-corrected chi connectivity index (χ1v) is 6.99. The SMILES string of the molecule is CC(C(=O)NC1CCCCC1(C)C(=O)O)C1CC1. The quantitative estimate of drug-likeness (QED) is 0.807. The van der Waals surface area contributed by atoms with E-state index in [0.717, 1.165) is 32.1 Å². The summed E-state index contributed by atoms with van der Waals surface area (Å²) in [4.78, 5) is 23.5. The lowest BCUT2D eigenvalue weighted by molar-refractivity contribution is -0.152. The number of carbonyl (C=O) groups excluding carboxylic acids is 1. The first kappa shape index (κ1) is 13.4. The van der Waals surface area contributed by atoms with Crippen molar-refractivity contribution >= 4 is 11.9 Å². The van der Waals surface area contributed by atoms with Gasteiger partial charge < -0.3 is 10.4 Å². The van der Waals surface area contributed by atoms with Crippen LogP contribution in [0.2, 0.25) is 0 Å². The molecule has 0 aromatic rings. The minimum absolute atomic E-state index is 0.0324. The van der Waals surface area contributed by atoms with E-state index in [1.165, 1.54) is 0 Å². The van der Waals surface area contributed by atoms with E-state index in [0.29, 0.717) is 12.3 Å². The molecule has 2 fully saturated rings. The minimum Gasteiger partial charge on any atom is -0.481 e. The van der Waals surface area contributed by atoms with Crippen LogP contribution in [0.15, 0.2) is 0 Å². The molecule has 2 aliphatic rings. The van der Waals surface area contributed by atoms with Crippen molar-refractivity contribution in [1.29, 1.82) is 0 Å². The Kier molecular flexibility index (Phi) is 3.64. The first-order valence-electron chi connectivity index (χ1n) is 6.99. The number of hydrogen-bond acceptors (Lipinski definition) is 2. The van der Waals surface area contributed by atoms with Crippen LogP contribution in [0.5, 0.6) is 0 Å². The van der Waals surface area contributed by atoms with Gasteiger partial charge in [0.05, 0.1) is 5.41 Å². The third-order valence-corrected chi connectivity index (χ3v) is 4.76. The van der Waals surface area contributed by atoms with Gasteiger partial charge in [0, 0.05) is 12.0 Å². The average molecular weight is 253 g/mol. The maximum absolute atomic E-state index is 12.1. The summed E-state index contributed by atoms with van der Waals surface area (Å²) in [5, 5.41) is 12.4. The number of carbonyl (C=O) groups is 2. The van der Waals surface area contributed by atoms with Crippen molar-refractivity contribution in [2.24, 2.45) is 17.3 Å². The molecule has 2 aliphatic carbocycles. The Bertz CT molecular complexity index is 351. The fraction of sp³-hybridized carbons (Fsp3) is 0.857. The molecule has 0 aromatic carbocycles. The lowest BCUT2D eigenvalue weighted by atomic mass is 9.71. The van der Waals surface area contributed by atoms with Gasteiger partial charge in [0.2, 0.25) is 5.91 Å². The lowest BCUT2D eigenvalue weighted by Crippen LogP contribution is -2.53. The molecule has 0 spiro atoms. The van der Waals surface area contributed by atoms with E-state index in [1.54, 1.807) is 6.92 Å². The summed E-state index contributed by atoms with van der Waals surface area (Å²) in [6.07, 6.45) is 5.65. The number of hydrogen-bond donors (Lipinski definition) is 2. The second-order valence-electron chi connectivity index (χ2n) is 6.16. The molecule has 102 valence electrons. The topological polar surface area (TPSA) is 66.4 Å². The second-order valence-corrected chi connectivity index (χ2v) is 6.16. The maximum Gasteiger partial charge on any atom is 0.311 e. The van der Waals surface area contributed by atoms with Crippen LogP contribution in [0, 0.1) is 17.3 Å². The molecule has 0 bridgehead atoms. The minimum atomic E-state index is -0.794. The summed E-state index contributed by atoms with van der Waals surface area (Å²) < 4.78 is 0. The molecule has 0 radical (unpaired) electrons. The number of amides is 1. The Morgan fingerprint density at radius 1 is 1.28 bits per heavy atom. The summed E-state index contributed by atoms with van der Waals surface area (Å²) in [6, 6.07) is -0.211. The van der Waals surface area contributed by atoms with E-state index < -0.39 is 11.4 Å². The maximum atomic E-state index is 12.1. The summed E-state index contributed by atoms with van der Waals surface area (Å²) in [7, 11) is 0. The van der Waals surface area contributed by atoms with Gasteiger partial charge in [-0.15, -0.1) is 0 Å². The average Bonchev–Trinajstić information content (AvgIpc) is 3.15. The van der Waals surface area contributed by atoms with Gasteiger partial charge in [0.15, 0.2) is 0 Å². The standard InChI is InChI=1S/C14H23NO3/c1-9(10-6-7-10)12(16)15-11-5-3-4-8-14(11,2)13(17)18/h9-11H,3-8H2,1-2H3,(H,15,16)(H,17,18). The van der Waals surface area contributed by atoms with Gasteiger partial charge >= 0.3 is 5.97 Å². The van der Waals surface area contributed by atoms with E-state index in [4.69, 9.17) is 0 Å². The molecular formula is C14H23NO3. The summed E-state index contributed by atoms with van der Waals surface area (Å²) in [6.45, 7) is 3.72. The highest BCUT2D eigenvalue weighted by Crippen LogP contribution is 2.39. The van der Waals surface area contributed by atoms with Crippen molar-refractivity contribution in [3.05, 3.63) is 0 Å². The largest absolute Gasteiger partial charge is 0.481 e. The van der Waals surface area contributed by atoms with Crippen LogP contribution in [-0.2, 0) is 9.59 Å². The Balaban J connectivity index is 2.01. The van der Waals surface area contributed by atoms with E-state index in [-0.39, 0.29) is 17.9 Å². The number of carboxylic acids is 1. The van der Waals surface area contributed by atoms with E-state index in [2.05, 4.69) is 5.32 Å². The Morgan fingerprint density at radius 3 is 2.50 bits per heavy atom. The molecule has 0 aliphatic heterocycles. The van der Waals surface area contributed by atoms with Crippen molar-refractivity contribution in [3.8, 4) is 0 Å². The zero-order valence-electron chi connectivity index (χ0n) is 11.2. The zero-order chi connectivity index (χ0) is 13.3. The molecule has 0 heterocycles. The van der Waals surface area contributed by atoms with E-state index in [1.807, 2.05) is 6.92 Å². The highest BCUT2D eigenvalue weighted by Gasteiger charge is 2.45. The van der Waals surface area contributed by atoms with Crippen LogP contribution >= 0.6 is 0 Å². The van der Waals surface area contributed by atoms with Gasteiger partial charge in [-0.3, -0.25) is 9.59 Å². The van der Waals surface area contributed by atoms with Gasteiger partial charge in [-0.2, -0.15) is 0 Å². The molecule has 4 nitrogen and oxygen atoms in total. The van der Waals surface area contributed by atoms with Crippen molar-refractivity contribution in [3.63, 3.8) is 0 Å². The fourth-order valence-corrected chi connectivity index (χ4v) is 2.93. The molecule has 2 rings (SSSR count). The van der Waals surface area contributed by atoms with E-state index in [9.17, 15) is 14.7 Å². The van der Waals surface area contributed by atoms with Crippen molar-refractivity contribution in [1.82, 2.24) is 5.32 Å². The molecule has 1 amide bonds. The summed E-state index contributed by atoms with van der Waals surface area (Å²) in [5.41, 5.74) is -0.794. The van der Waals surface area contributed by atoms with Crippen molar-refractivity contribution in [2.45, 2.75) is 58.4 Å². The van der Waals surface area contributed by atoms with Crippen molar-refractivity contribution in [2.75, 3.05) is 0 Å². The van der Waals surface area contributed by atoms with Crippen LogP contribution in [0.25, 0.3) is 0 Å². The Hall–Kier alpha value is -1.06. The number of nitrogens with one attached hydrogen (secondary N) is 1. The smallest absolute Gasteiger partial charge is 0.311 e. The number of aliphatic carboxylic acids is 1. The van der Waals surface area contributed by atoms with E-state index >= 15 is 0 Å². The van der Waals surface area contributed by atoms with Gasteiger partial charge in [-0.1, -0.05) is 19.8 Å². The number of rotatable bonds is 4. The molecule has 3 atom stereocenters. The van der Waals surface area contributed by atoms with Gasteiger partial charge in [0.1, 0.15) is 0 Å². The van der Waals surface area contributed by atoms with Crippen molar-refractivity contribution < 1.29 is 14.7 Å². The summed E-state index contributed by atoms with van der Waals surface area (Å²) in [5.74, 6) is -0.196. The summed E-state index contributed by atoms with van der Waals surface area (Å²) >= 11 is 0. The van der Waals surface area contributed by atoms with Crippen LogP contribution in [0.4, 0.5) is 0 Å². The highest BCUT2D eigenvalue weighted by molar-refractivity contribution is 5.81. The van der Waals surface area contributed by atoms with Crippen LogP contribution < -0.4 is 5.32 Å². The lowest BCUT2D eigenvalue weighted by Gasteiger charge is -2.38. The first-order chi connectivity index (χ1) is 8.45. The third kappa shape index (κ3) is 2.52. The predicted molar refractivity (Wildman–Crippen MR) is 68.0 cm³/mol. The Labute approximate surface area is 108 Å². The van der Waals surface area contributed by atoms with Crippen LogP contribution in [0.1, 0.15) is 52.4 Å². The monoisotopic (exact) mass is 253 g/mol. The highest BCUT2D eigenvalue weighted by atomic mass is 16.4. The third-order valence-electron chi connectivity index (χ3n) is 4.76. The molecule has 18 heavy (non-hydrogen) atoms. The molecule has 0 aromatic heterocycles. The normalized spacial score (nSPS) is 33.8. The van der Waals surface area contributed by atoms with Gasteiger partial charge in [-0.05, 0) is 38.5 Å². The molecule has 3 unspecified atom stereocenters. The van der Waals surface area contributed by atoms with Gasteiger partial charge in [-0.25, -0.2) is 0 Å². The molecular weight excluding hydrogens is 230 g/mol. The molecule has 2 saturated carbocycles. The van der Waals surface area contributed by atoms with Gasteiger partial charge in [0.25, 0.3) is 0 Å². The molecule has 4 heteroatoms. The van der Waals surface area contributed by atoms with Crippen LogP contribution in [0.3, 0.4) is 0 Å². The number of carboxylic acid groups (broad SMARTS) is 1. The predicted octanol–water partition coefficient (Wildman–Crippen LogP) is 2.18. The second kappa shape index (κ2) is 4.90. The fourth-order valence-electron chi connectivity index (χ4n) is 2.93. The molecule has 0 saturated heterocycles. The Morgan fingerprint density at radius 2 is 1.94 bits per heavy atom. The molecule has 2 N–H and O–H groups in total.